The van der Waals surface area contributed by atoms with Gasteiger partial charge in [0.25, 0.3) is 0 Å². The molecule has 0 unspecified atom stereocenters. The Labute approximate surface area is 124 Å². The fourth-order valence-corrected chi connectivity index (χ4v) is 2.61. The Hall–Kier alpha value is -1.13. The van der Waals surface area contributed by atoms with Gasteiger partial charge in [-0.1, -0.05) is 49.1 Å². The van der Waals surface area contributed by atoms with Crippen molar-refractivity contribution >= 4 is 35.1 Å². The van der Waals surface area contributed by atoms with E-state index in [1.807, 2.05) is 24.3 Å². The van der Waals surface area contributed by atoms with Gasteiger partial charge in [-0.2, -0.15) is 5.10 Å². The standard InChI is InChI=1S/C14H18ClN3S/c15-13-9-5-4-6-11(13)10-16-18-14(19)17-12-7-2-1-3-8-12/h4-6,9-10,12H,1-3,7-8H2,(H2,17,18,19)/b16-10-. The SMILES string of the molecule is S=C(N/N=C\c1ccccc1Cl)NC1CCCCC1. The number of halogens is 1. The van der Waals surface area contributed by atoms with Gasteiger partial charge in [-0.3, -0.25) is 5.43 Å². The Kier molecular flexibility index (Phi) is 5.61. The number of nitrogens with one attached hydrogen (secondary N) is 2. The quantitative estimate of drug-likeness (QED) is 0.509. The zero-order chi connectivity index (χ0) is 13.5. The molecule has 0 heterocycles. The third-order valence-electron chi connectivity index (χ3n) is 3.22. The van der Waals surface area contributed by atoms with Crippen molar-refractivity contribution in [2.75, 3.05) is 0 Å². The van der Waals surface area contributed by atoms with Gasteiger partial charge in [0.05, 0.1) is 6.21 Å². The van der Waals surface area contributed by atoms with Crippen molar-refractivity contribution < 1.29 is 0 Å². The summed E-state index contributed by atoms with van der Waals surface area (Å²) in [5, 5.41) is 8.66. The van der Waals surface area contributed by atoms with E-state index in [2.05, 4.69) is 15.8 Å². The lowest BCUT2D eigenvalue weighted by molar-refractivity contribution is 0.412. The molecule has 1 aromatic carbocycles. The molecule has 0 atom stereocenters. The third-order valence-corrected chi connectivity index (χ3v) is 3.77. The number of thiocarbonyl (C=S) groups is 1. The highest BCUT2D eigenvalue weighted by Crippen LogP contribution is 2.17. The molecule has 0 aromatic heterocycles. The number of hydrogen-bond acceptors (Lipinski definition) is 2. The van der Waals surface area contributed by atoms with Crippen molar-refractivity contribution in [3.8, 4) is 0 Å². The second-order valence-corrected chi connectivity index (χ2v) is 5.52. The van der Waals surface area contributed by atoms with E-state index in [4.69, 9.17) is 23.8 Å². The molecule has 1 aliphatic carbocycles. The van der Waals surface area contributed by atoms with E-state index in [1.54, 1.807) is 6.21 Å². The molecule has 1 fully saturated rings. The molecule has 0 radical (unpaired) electrons. The van der Waals surface area contributed by atoms with E-state index in [1.165, 1.54) is 32.1 Å². The molecule has 0 spiro atoms. The van der Waals surface area contributed by atoms with Crippen molar-refractivity contribution in [1.29, 1.82) is 0 Å². The smallest absolute Gasteiger partial charge is 0.187 e. The van der Waals surface area contributed by atoms with Gasteiger partial charge in [0, 0.05) is 16.6 Å². The van der Waals surface area contributed by atoms with E-state index in [-0.39, 0.29) is 0 Å². The molecule has 3 nitrogen and oxygen atoms in total. The molecular weight excluding hydrogens is 278 g/mol. The van der Waals surface area contributed by atoms with Crippen molar-refractivity contribution in [2.24, 2.45) is 5.10 Å². The molecule has 5 heteroatoms. The lowest BCUT2D eigenvalue weighted by atomic mass is 9.96. The molecule has 1 aliphatic rings. The van der Waals surface area contributed by atoms with Gasteiger partial charge in [0.1, 0.15) is 0 Å². The number of benzene rings is 1. The van der Waals surface area contributed by atoms with E-state index in [9.17, 15) is 0 Å². The fourth-order valence-electron chi connectivity index (χ4n) is 2.20. The normalized spacial score (nSPS) is 16.5. The number of hydrogen-bond donors (Lipinski definition) is 2. The zero-order valence-corrected chi connectivity index (χ0v) is 12.3. The molecule has 1 saturated carbocycles. The van der Waals surface area contributed by atoms with Crippen molar-refractivity contribution in [2.45, 2.75) is 38.1 Å². The van der Waals surface area contributed by atoms with Crippen LogP contribution < -0.4 is 10.7 Å². The highest BCUT2D eigenvalue weighted by Gasteiger charge is 2.13. The van der Waals surface area contributed by atoms with Crippen LogP contribution >= 0.6 is 23.8 Å². The summed E-state index contributed by atoms with van der Waals surface area (Å²) in [6, 6.07) is 8.05. The van der Waals surface area contributed by atoms with Gasteiger partial charge in [-0.15, -0.1) is 0 Å². The van der Waals surface area contributed by atoms with Crippen LogP contribution in [0.1, 0.15) is 37.7 Å². The van der Waals surface area contributed by atoms with E-state index in [0.717, 1.165) is 5.56 Å². The fraction of sp³-hybridized carbons (Fsp3) is 0.429. The largest absolute Gasteiger partial charge is 0.359 e. The van der Waals surface area contributed by atoms with E-state index in [0.29, 0.717) is 16.2 Å². The second kappa shape index (κ2) is 7.46. The maximum absolute atomic E-state index is 6.03. The summed E-state index contributed by atoms with van der Waals surface area (Å²) in [6.07, 6.45) is 7.96. The first-order valence-corrected chi connectivity index (χ1v) is 7.38. The Morgan fingerprint density at radius 3 is 2.74 bits per heavy atom. The minimum atomic E-state index is 0.490. The Balaban J connectivity index is 1.78. The molecule has 19 heavy (non-hydrogen) atoms. The van der Waals surface area contributed by atoms with Crippen LogP contribution in [0.5, 0.6) is 0 Å². The van der Waals surface area contributed by atoms with Crippen LogP contribution in [-0.4, -0.2) is 17.4 Å². The molecule has 0 aliphatic heterocycles. The second-order valence-electron chi connectivity index (χ2n) is 4.70. The van der Waals surface area contributed by atoms with Gasteiger partial charge in [-0.05, 0) is 31.1 Å². The summed E-state index contributed by atoms with van der Waals surface area (Å²) in [5.41, 5.74) is 3.71. The topological polar surface area (TPSA) is 36.4 Å². The van der Waals surface area contributed by atoms with Crippen LogP contribution in [0.4, 0.5) is 0 Å². The van der Waals surface area contributed by atoms with Crippen molar-refractivity contribution in [3.05, 3.63) is 34.9 Å². The van der Waals surface area contributed by atoms with Gasteiger partial charge in [-0.25, -0.2) is 0 Å². The van der Waals surface area contributed by atoms with E-state index < -0.39 is 0 Å². The van der Waals surface area contributed by atoms with E-state index >= 15 is 0 Å². The summed E-state index contributed by atoms with van der Waals surface area (Å²) in [7, 11) is 0. The van der Waals surface area contributed by atoms with Crippen LogP contribution in [0.25, 0.3) is 0 Å². The molecule has 2 N–H and O–H groups in total. The lowest BCUT2D eigenvalue weighted by Gasteiger charge is -2.23. The predicted octanol–water partition coefficient (Wildman–Crippen LogP) is 3.47. The van der Waals surface area contributed by atoms with Crippen molar-refractivity contribution in [3.63, 3.8) is 0 Å². The monoisotopic (exact) mass is 295 g/mol. The molecule has 2 rings (SSSR count). The Bertz CT molecular complexity index is 456. The molecular formula is C14H18ClN3S. The molecule has 0 bridgehead atoms. The van der Waals surface area contributed by atoms with Crippen LogP contribution in [0.15, 0.2) is 29.4 Å². The average Bonchev–Trinajstić information content (AvgIpc) is 2.42. The van der Waals surface area contributed by atoms with Crippen LogP contribution in [-0.2, 0) is 0 Å². The predicted molar refractivity (Wildman–Crippen MR) is 84.8 cm³/mol. The summed E-state index contributed by atoms with van der Waals surface area (Å²) >= 11 is 11.2. The summed E-state index contributed by atoms with van der Waals surface area (Å²) in [4.78, 5) is 0. The number of rotatable bonds is 3. The van der Waals surface area contributed by atoms with Gasteiger partial charge in [0.15, 0.2) is 5.11 Å². The van der Waals surface area contributed by atoms with Gasteiger partial charge >= 0.3 is 0 Å². The Morgan fingerprint density at radius 1 is 1.26 bits per heavy atom. The first-order valence-electron chi connectivity index (χ1n) is 6.60. The highest BCUT2D eigenvalue weighted by molar-refractivity contribution is 7.80. The van der Waals surface area contributed by atoms with Crippen molar-refractivity contribution in [1.82, 2.24) is 10.7 Å². The maximum Gasteiger partial charge on any atom is 0.187 e. The Morgan fingerprint density at radius 2 is 2.00 bits per heavy atom. The summed E-state index contributed by atoms with van der Waals surface area (Å²) < 4.78 is 0. The van der Waals surface area contributed by atoms with Gasteiger partial charge < -0.3 is 5.32 Å². The molecule has 1 aromatic rings. The first-order chi connectivity index (χ1) is 9.25. The molecule has 102 valence electrons. The molecule has 0 amide bonds. The molecule has 0 saturated heterocycles. The first kappa shape index (κ1) is 14.3. The minimum Gasteiger partial charge on any atom is -0.359 e. The van der Waals surface area contributed by atoms with Crippen LogP contribution in [0.3, 0.4) is 0 Å². The maximum atomic E-state index is 6.03. The summed E-state index contributed by atoms with van der Waals surface area (Å²) in [6.45, 7) is 0. The summed E-state index contributed by atoms with van der Waals surface area (Å²) in [5.74, 6) is 0. The minimum absolute atomic E-state index is 0.490. The third kappa shape index (κ3) is 4.80. The average molecular weight is 296 g/mol. The zero-order valence-electron chi connectivity index (χ0n) is 10.7. The highest BCUT2D eigenvalue weighted by atomic mass is 35.5. The van der Waals surface area contributed by atoms with Crippen LogP contribution in [0.2, 0.25) is 5.02 Å². The number of hydrazone groups is 1. The lowest BCUT2D eigenvalue weighted by Crippen LogP contribution is -2.40. The van der Waals surface area contributed by atoms with Gasteiger partial charge in [0.2, 0.25) is 0 Å². The van der Waals surface area contributed by atoms with Crippen LogP contribution in [0, 0.1) is 0 Å². The number of nitrogens with zero attached hydrogens (tertiary/aromatic N) is 1.